The van der Waals surface area contributed by atoms with Crippen LogP contribution in [0.3, 0.4) is 0 Å². The van der Waals surface area contributed by atoms with Gasteiger partial charge in [0.2, 0.25) is 6.29 Å². The highest BCUT2D eigenvalue weighted by molar-refractivity contribution is 6.30. The van der Waals surface area contributed by atoms with E-state index in [4.69, 9.17) is 16.3 Å². The minimum absolute atomic E-state index is 0.681. The second kappa shape index (κ2) is 4.48. The molecular formula is C15H11ClO2. The summed E-state index contributed by atoms with van der Waals surface area (Å²) in [4.78, 5) is 0. The summed E-state index contributed by atoms with van der Waals surface area (Å²) in [6.07, 6.45) is 1.02. The highest BCUT2D eigenvalue weighted by Gasteiger charge is 2.25. The minimum atomic E-state index is -0.875. The molecule has 2 aromatic carbocycles. The van der Waals surface area contributed by atoms with E-state index in [-0.39, 0.29) is 0 Å². The van der Waals surface area contributed by atoms with Crippen molar-refractivity contribution in [2.45, 2.75) is 6.29 Å². The predicted molar refractivity (Wildman–Crippen MR) is 71.8 cm³/mol. The fourth-order valence-corrected chi connectivity index (χ4v) is 2.13. The zero-order valence-electron chi connectivity index (χ0n) is 9.51. The van der Waals surface area contributed by atoms with Crippen molar-refractivity contribution in [3.8, 4) is 0 Å². The van der Waals surface area contributed by atoms with Crippen LogP contribution < -0.4 is 0 Å². The normalized spacial score (nSPS) is 19.7. The number of rotatable bonds is 1. The van der Waals surface area contributed by atoms with Crippen LogP contribution in [0.2, 0.25) is 5.02 Å². The van der Waals surface area contributed by atoms with E-state index in [1.54, 1.807) is 0 Å². The van der Waals surface area contributed by atoms with Gasteiger partial charge >= 0.3 is 0 Å². The van der Waals surface area contributed by atoms with Crippen LogP contribution in [0.5, 0.6) is 0 Å². The van der Waals surface area contributed by atoms with Gasteiger partial charge in [0.25, 0.3) is 0 Å². The number of halogens is 1. The van der Waals surface area contributed by atoms with Gasteiger partial charge in [0.1, 0.15) is 5.76 Å². The van der Waals surface area contributed by atoms with Crippen molar-refractivity contribution in [1.82, 2.24) is 0 Å². The molecule has 0 spiro atoms. The number of benzene rings is 2. The smallest absolute Gasteiger partial charge is 0.225 e. The highest BCUT2D eigenvalue weighted by Crippen LogP contribution is 2.37. The molecule has 1 heterocycles. The standard InChI is InChI=1S/C15H11ClO2/c16-11-7-5-10(6-8-11)9-14-12-3-1-2-4-13(12)15(17)18-14/h1-9,15,17H. The molecule has 90 valence electrons. The zero-order chi connectivity index (χ0) is 12.5. The van der Waals surface area contributed by atoms with Crippen LogP contribution in [0.4, 0.5) is 0 Å². The van der Waals surface area contributed by atoms with Crippen LogP contribution in [-0.2, 0) is 4.74 Å². The van der Waals surface area contributed by atoms with Crippen molar-refractivity contribution in [2.75, 3.05) is 0 Å². The van der Waals surface area contributed by atoms with Gasteiger partial charge in [-0.1, -0.05) is 48.0 Å². The highest BCUT2D eigenvalue weighted by atomic mass is 35.5. The number of aliphatic hydroxyl groups excluding tert-OH is 1. The van der Waals surface area contributed by atoms with Gasteiger partial charge in [-0.3, -0.25) is 0 Å². The summed E-state index contributed by atoms with van der Waals surface area (Å²) in [5, 5.41) is 10.5. The van der Waals surface area contributed by atoms with E-state index in [1.165, 1.54) is 0 Å². The molecule has 1 atom stereocenters. The number of fused-ring (bicyclic) bond motifs is 1. The average molecular weight is 259 g/mol. The van der Waals surface area contributed by atoms with Gasteiger partial charge in [0.15, 0.2) is 0 Å². The predicted octanol–water partition coefficient (Wildman–Crippen LogP) is 3.86. The largest absolute Gasteiger partial charge is 0.460 e. The van der Waals surface area contributed by atoms with Gasteiger partial charge in [0, 0.05) is 16.1 Å². The van der Waals surface area contributed by atoms with E-state index in [2.05, 4.69) is 0 Å². The first-order valence-corrected chi connectivity index (χ1v) is 6.03. The third kappa shape index (κ3) is 2.01. The lowest BCUT2D eigenvalue weighted by Crippen LogP contribution is -1.91. The molecule has 1 N–H and O–H groups in total. The molecule has 0 aliphatic carbocycles. The maximum atomic E-state index is 9.79. The topological polar surface area (TPSA) is 29.5 Å². The number of aliphatic hydroxyl groups is 1. The van der Waals surface area contributed by atoms with Crippen molar-refractivity contribution in [1.29, 1.82) is 0 Å². The molecule has 0 amide bonds. The van der Waals surface area contributed by atoms with Crippen LogP contribution in [0.1, 0.15) is 23.0 Å². The van der Waals surface area contributed by atoms with Crippen molar-refractivity contribution in [3.05, 3.63) is 70.2 Å². The summed E-state index contributed by atoms with van der Waals surface area (Å²) in [7, 11) is 0. The zero-order valence-corrected chi connectivity index (χ0v) is 10.3. The van der Waals surface area contributed by atoms with Crippen LogP contribution >= 0.6 is 11.6 Å². The fraction of sp³-hybridized carbons (Fsp3) is 0.0667. The quantitative estimate of drug-likeness (QED) is 0.842. The fourth-order valence-electron chi connectivity index (χ4n) is 2.01. The maximum Gasteiger partial charge on any atom is 0.225 e. The Labute approximate surface area is 110 Å². The molecule has 0 aromatic heterocycles. The Morgan fingerprint density at radius 2 is 1.78 bits per heavy atom. The second-order valence-electron chi connectivity index (χ2n) is 4.12. The molecular weight excluding hydrogens is 248 g/mol. The average Bonchev–Trinajstić information content (AvgIpc) is 2.70. The molecule has 0 fully saturated rings. The van der Waals surface area contributed by atoms with Crippen molar-refractivity contribution >= 4 is 23.4 Å². The molecule has 18 heavy (non-hydrogen) atoms. The van der Waals surface area contributed by atoms with Gasteiger partial charge in [-0.15, -0.1) is 0 Å². The summed E-state index contributed by atoms with van der Waals surface area (Å²) >= 11 is 5.84. The Hall–Kier alpha value is -1.77. The molecule has 2 nitrogen and oxygen atoms in total. The lowest BCUT2D eigenvalue weighted by atomic mass is 10.1. The lowest BCUT2D eigenvalue weighted by Gasteiger charge is -2.03. The molecule has 3 rings (SSSR count). The van der Waals surface area contributed by atoms with Gasteiger partial charge in [-0.25, -0.2) is 0 Å². The van der Waals surface area contributed by atoms with Crippen molar-refractivity contribution in [3.63, 3.8) is 0 Å². The summed E-state index contributed by atoms with van der Waals surface area (Å²) in [6.45, 7) is 0. The third-order valence-electron chi connectivity index (χ3n) is 2.90. The van der Waals surface area contributed by atoms with Crippen LogP contribution in [0.25, 0.3) is 11.8 Å². The van der Waals surface area contributed by atoms with Crippen molar-refractivity contribution < 1.29 is 9.84 Å². The van der Waals surface area contributed by atoms with E-state index < -0.39 is 6.29 Å². The Bertz CT molecular complexity index is 602. The van der Waals surface area contributed by atoms with E-state index in [9.17, 15) is 5.11 Å². The first-order valence-electron chi connectivity index (χ1n) is 5.65. The van der Waals surface area contributed by atoms with Gasteiger partial charge in [-0.05, 0) is 23.8 Å². The monoisotopic (exact) mass is 258 g/mol. The second-order valence-corrected chi connectivity index (χ2v) is 4.55. The molecule has 0 saturated heterocycles. The first kappa shape index (κ1) is 11.3. The van der Waals surface area contributed by atoms with E-state index in [0.29, 0.717) is 10.8 Å². The number of ether oxygens (including phenoxy) is 1. The molecule has 3 heteroatoms. The summed E-state index contributed by atoms with van der Waals surface area (Å²) in [6, 6.07) is 15.1. The van der Waals surface area contributed by atoms with Gasteiger partial charge < -0.3 is 9.84 Å². The summed E-state index contributed by atoms with van der Waals surface area (Å²) < 4.78 is 5.45. The Morgan fingerprint density at radius 1 is 1.06 bits per heavy atom. The molecule has 0 saturated carbocycles. The third-order valence-corrected chi connectivity index (χ3v) is 3.15. The van der Waals surface area contributed by atoms with Crippen LogP contribution in [0, 0.1) is 0 Å². The molecule has 2 aromatic rings. The van der Waals surface area contributed by atoms with Gasteiger partial charge in [-0.2, -0.15) is 0 Å². The summed E-state index contributed by atoms with van der Waals surface area (Å²) in [5.41, 5.74) is 2.72. The Morgan fingerprint density at radius 3 is 2.56 bits per heavy atom. The lowest BCUT2D eigenvalue weighted by molar-refractivity contribution is -0.0289. The molecule has 1 unspecified atom stereocenters. The van der Waals surface area contributed by atoms with Crippen LogP contribution in [-0.4, -0.2) is 5.11 Å². The SMILES string of the molecule is OC1OC(=Cc2ccc(Cl)cc2)c2ccccc21. The Kier molecular flexibility index (Phi) is 2.82. The van der Waals surface area contributed by atoms with E-state index in [0.717, 1.165) is 16.7 Å². The minimum Gasteiger partial charge on any atom is -0.460 e. The summed E-state index contributed by atoms with van der Waals surface area (Å²) in [5.74, 6) is 0.681. The van der Waals surface area contributed by atoms with E-state index in [1.807, 2.05) is 54.6 Å². The molecule has 0 bridgehead atoms. The van der Waals surface area contributed by atoms with Gasteiger partial charge in [0.05, 0.1) is 0 Å². The maximum absolute atomic E-state index is 9.79. The molecule has 0 radical (unpaired) electrons. The van der Waals surface area contributed by atoms with Crippen LogP contribution in [0.15, 0.2) is 48.5 Å². The first-order chi connectivity index (χ1) is 8.74. The Balaban J connectivity index is 2.02. The number of hydrogen-bond donors (Lipinski definition) is 1. The molecule has 1 aliphatic rings. The number of hydrogen-bond acceptors (Lipinski definition) is 2. The molecule has 1 aliphatic heterocycles. The van der Waals surface area contributed by atoms with Crippen molar-refractivity contribution in [2.24, 2.45) is 0 Å². The van der Waals surface area contributed by atoms with E-state index >= 15 is 0 Å².